The van der Waals surface area contributed by atoms with Crippen LogP contribution in [0.1, 0.15) is 19.3 Å². The molecule has 0 spiro atoms. The number of nitrogens with one attached hydrogen (secondary N) is 1. The lowest BCUT2D eigenvalue weighted by molar-refractivity contribution is -0.124. The van der Waals surface area contributed by atoms with E-state index in [9.17, 15) is 4.79 Å². The van der Waals surface area contributed by atoms with E-state index >= 15 is 0 Å². The fraction of sp³-hybridized carbons (Fsp3) is 0.700. The first-order chi connectivity index (χ1) is 5.77. The third-order valence-electron chi connectivity index (χ3n) is 3.91. The van der Waals surface area contributed by atoms with Gasteiger partial charge in [-0.3, -0.25) is 4.79 Å². The summed E-state index contributed by atoms with van der Waals surface area (Å²) in [4.78, 5) is 11.5. The van der Waals surface area contributed by atoms with Crippen LogP contribution < -0.4 is 5.32 Å². The van der Waals surface area contributed by atoms with Crippen molar-refractivity contribution < 1.29 is 4.79 Å². The average Bonchev–Trinajstić information content (AvgIpc) is 2.64. The van der Waals surface area contributed by atoms with Crippen molar-refractivity contribution in [2.75, 3.05) is 0 Å². The van der Waals surface area contributed by atoms with Crippen molar-refractivity contribution in [3.8, 4) is 0 Å². The van der Waals surface area contributed by atoms with Gasteiger partial charge < -0.3 is 5.32 Å². The van der Waals surface area contributed by atoms with Crippen molar-refractivity contribution in [2.45, 2.75) is 19.3 Å². The molecular weight excluding hydrogens is 150 g/mol. The molecule has 1 saturated heterocycles. The van der Waals surface area contributed by atoms with Crippen LogP contribution in [-0.4, -0.2) is 5.91 Å². The topological polar surface area (TPSA) is 29.1 Å². The molecule has 1 amide bonds. The molecule has 2 aliphatic carbocycles. The van der Waals surface area contributed by atoms with Crippen LogP contribution in [0, 0.1) is 23.7 Å². The normalized spacial score (nSPS) is 49.7. The van der Waals surface area contributed by atoms with Crippen molar-refractivity contribution in [3.63, 3.8) is 0 Å². The second-order valence-electron chi connectivity index (χ2n) is 4.40. The van der Waals surface area contributed by atoms with Gasteiger partial charge in [0.25, 0.3) is 0 Å². The first kappa shape index (κ1) is 6.70. The monoisotopic (exact) mass is 163 g/mol. The molecule has 3 fully saturated rings. The summed E-state index contributed by atoms with van der Waals surface area (Å²) in [5.74, 6) is 2.50. The summed E-state index contributed by atoms with van der Waals surface area (Å²) in [6.45, 7) is 3.93. The largest absolute Gasteiger partial charge is 0.330 e. The molecule has 0 aromatic rings. The fourth-order valence-electron chi connectivity index (χ4n) is 3.49. The lowest BCUT2D eigenvalue weighted by atomic mass is 9.80. The molecule has 2 bridgehead atoms. The number of amides is 1. The van der Waals surface area contributed by atoms with Crippen LogP contribution >= 0.6 is 0 Å². The number of carbonyl (C=O) groups is 1. The number of hydrogen-bond acceptors (Lipinski definition) is 1. The minimum atomic E-state index is 0.247. The first-order valence-corrected chi connectivity index (χ1v) is 4.77. The van der Waals surface area contributed by atoms with E-state index in [-0.39, 0.29) is 5.91 Å². The van der Waals surface area contributed by atoms with Gasteiger partial charge in [0.05, 0.1) is 0 Å². The van der Waals surface area contributed by atoms with Crippen molar-refractivity contribution >= 4 is 5.91 Å². The molecule has 3 aliphatic rings. The molecule has 1 heterocycles. The predicted molar refractivity (Wildman–Crippen MR) is 45.1 cm³/mol. The molecule has 2 unspecified atom stereocenters. The molecule has 0 radical (unpaired) electrons. The minimum absolute atomic E-state index is 0.247. The number of carbonyl (C=O) groups excluding carboxylic acids is 1. The summed E-state index contributed by atoms with van der Waals surface area (Å²) in [6, 6.07) is 0. The highest BCUT2D eigenvalue weighted by molar-refractivity contribution is 5.85. The van der Waals surface area contributed by atoms with Gasteiger partial charge in [-0.05, 0) is 31.1 Å². The standard InChI is InChI=1S/C10H13NO/c1-5-8-6-2-3-7(4-6)9(8)10(12)11-5/h6-9H,1-4H2,(H,11,12)/t6-,7+,8?,9?/m0/s1. The third-order valence-corrected chi connectivity index (χ3v) is 3.91. The molecule has 0 aromatic carbocycles. The van der Waals surface area contributed by atoms with Crippen LogP contribution in [0.15, 0.2) is 12.3 Å². The molecule has 4 atom stereocenters. The zero-order valence-corrected chi connectivity index (χ0v) is 7.05. The minimum Gasteiger partial charge on any atom is -0.330 e. The van der Waals surface area contributed by atoms with Gasteiger partial charge in [0, 0.05) is 17.5 Å². The number of fused-ring (bicyclic) bond motifs is 5. The van der Waals surface area contributed by atoms with Crippen LogP contribution in [0.5, 0.6) is 0 Å². The Morgan fingerprint density at radius 1 is 1.25 bits per heavy atom. The summed E-state index contributed by atoms with van der Waals surface area (Å²) in [7, 11) is 0. The summed E-state index contributed by atoms with van der Waals surface area (Å²) in [5, 5.41) is 2.89. The van der Waals surface area contributed by atoms with E-state index in [2.05, 4.69) is 11.9 Å². The second kappa shape index (κ2) is 1.93. The van der Waals surface area contributed by atoms with Crippen molar-refractivity contribution in [1.82, 2.24) is 5.32 Å². The second-order valence-corrected chi connectivity index (χ2v) is 4.40. The summed E-state index contributed by atoms with van der Waals surface area (Å²) in [5.41, 5.74) is 0.997. The van der Waals surface area contributed by atoms with Gasteiger partial charge >= 0.3 is 0 Å². The Labute approximate surface area is 72.0 Å². The van der Waals surface area contributed by atoms with Crippen LogP contribution in [0.3, 0.4) is 0 Å². The lowest BCUT2D eigenvalue weighted by Gasteiger charge is -2.21. The van der Waals surface area contributed by atoms with Crippen LogP contribution in [0.25, 0.3) is 0 Å². The highest BCUT2D eigenvalue weighted by Crippen LogP contribution is 2.56. The van der Waals surface area contributed by atoms with Crippen LogP contribution in [-0.2, 0) is 4.79 Å². The van der Waals surface area contributed by atoms with E-state index in [1.165, 1.54) is 19.3 Å². The molecule has 2 heteroatoms. The van der Waals surface area contributed by atoms with E-state index in [0.29, 0.717) is 17.8 Å². The Balaban J connectivity index is 2.03. The Kier molecular flexibility index (Phi) is 1.07. The number of hydrogen-bond donors (Lipinski definition) is 1. The van der Waals surface area contributed by atoms with E-state index in [0.717, 1.165) is 11.6 Å². The van der Waals surface area contributed by atoms with Gasteiger partial charge in [-0.25, -0.2) is 0 Å². The van der Waals surface area contributed by atoms with Crippen LogP contribution in [0.4, 0.5) is 0 Å². The highest BCUT2D eigenvalue weighted by Gasteiger charge is 2.55. The Morgan fingerprint density at radius 3 is 2.58 bits per heavy atom. The maximum absolute atomic E-state index is 11.5. The Bertz CT molecular complexity index is 245. The van der Waals surface area contributed by atoms with E-state index < -0.39 is 0 Å². The summed E-state index contributed by atoms with van der Waals surface area (Å²) in [6.07, 6.45) is 3.87. The van der Waals surface area contributed by atoms with Crippen molar-refractivity contribution in [1.29, 1.82) is 0 Å². The van der Waals surface area contributed by atoms with Gasteiger partial charge in [0.1, 0.15) is 0 Å². The van der Waals surface area contributed by atoms with E-state index in [1.807, 2.05) is 0 Å². The molecule has 64 valence electrons. The molecule has 2 saturated carbocycles. The number of rotatable bonds is 0. The molecule has 2 nitrogen and oxygen atoms in total. The Hall–Kier alpha value is -0.790. The molecule has 3 rings (SSSR count). The zero-order valence-electron chi connectivity index (χ0n) is 7.05. The molecule has 1 aliphatic heterocycles. The van der Waals surface area contributed by atoms with Crippen LogP contribution in [0.2, 0.25) is 0 Å². The van der Waals surface area contributed by atoms with Crippen molar-refractivity contribution in [3.05, 3.63) is 12.3 Å². The maximum Gasteiger partial charge on any atom is 0.228 e. The molecule has 0 aromatic heterocycles. The molecular formula is C10H13NO. The van der Waals surface area contributed by atoms with Gasteiger partial charge in [-0.1, -0.05) is 6.58 Å². The number of allylic oxidation sites excluding steroid dienone is 1. The molecule has 12 heavy (non-hydrogen) atoms. The van der Waals surface area contributed by atoms with E-state index in [4.69, 9.17) is 0 Å². The summed E-state index contributed by atoms with van der Waals surface area (Å²) < 4.78 is 0. The van der Waals surface area contributed by atoms with Gasteiger partial charge in [0.2, 0.25) is 5.91 Å². The average molecular weight is 163 g/mol. The smallest absolute Gasteiger partial charge is 0.228 e. The van der Waals surface area contributed by atoms with Gasteiger partial charge in [-0.2, -0.15) is 0 Å². The SMILES string of the molecule is C=C1NC(=O)C2C1[C@H]1CC[C@@H]2C1. The van der Waals surface area contributed by atoms with Crippen molar-refractivity contribution in [2.24, 2.45) is 23.7 Å². The maximum atomic E-state index is 11.5. The van der Waals surface area contributed by atoms with E-state index in [1.54, 1.807) is 0 Å². The highest BCUT2D eigenvalue weighted by atomic mass is 16.2. The quantitative estimate of drug-likeness (QED) is 0.573. The predicted octanol–water partition coefficient (Wildman–Crippen LogP) is 1.29. The van der Waals surface area contributed by atoms with Gasteiger partial charge in [-0.15, -0.1) is 0 Å². The van der Waals surface area contributed by atoms with Gasteiger partial charge in [0.15, 0.2) is 0 Å². The lowest BCUT2D eigenvalue weighted by Crippen LogP contribution is -2.24. The fourth-order valence-corrected chi connectivity index (χ4v) is 3.49. The zero-order chi connectivity index (χ0) is 8.29. The summed E-state index contributed by atoms with van der Waals surface area (Å²) >= 11 is 0. The Morgan fingerprint density at radius 2 is 1.92 bits per heavy atom. The molecule has 1 N–H and O–H groups in total. The first-order valence-electron chi connectivity index (χ1n) is 4.77. The third kappa shape index (κ3) is 0.598.